The summed E-state index contributed by atoms with van der Waals surface area (Å²) in [4.78, 5) is 3.32. The lowest BCUT2D eigenvalue weighted by Gasteiger charge is -2.17. The largest absolute Gasteiger partial charge is 0.387 e. The van der Waals surface area contributed by atoms with Crippen LogP contribution in [0.15, 0.2) is 24.3 Å². The highest BCUT2D eigenvalue weighted by Crippen LogP contribution is 2.34. The van der Waals surface area contributed by atoms with E-state index in [1.165, 1.54) is 10.9 Å². The van der Waals surface area contributed by atoms with Crippen LogP contribution in [-0.2, 0) is 6.42 Å². The Kier molecular flexibility index (Phi) is 1.64. The highest BCUT2D eigenvalue weighted by atomic mass is 16.3. The molecule has 0 unspecified atom stereocenters. The van der Waals surface area contributed by atoms with Crippen LogP contribution in [0.1, 0.15) is 30.2 Å². The van der Waals surface area contributed by atoms with Gasteiger partial charge in [0.2, 0.25) is 0 Å². The van der Waals surface area contributed by atoms with E-state index in [0.29, 0.717) is 0 Å². The summed E-state index contributed by atoms with van der Waals surface area (Å²) in [7, 11) is 0. The average Bonchev–Trinajstić information content (AvgIpc) is 2.59. The molecule has 2 N–H and O–H groups in total. The maximum absolute atomic E-state index is 9.83. The molecule has 0 radical (unpaired) electrons. The summed E-state index contributed by atoms with van der Waals surface area (Å²) >= 11 is 0. The van der Waals surface area contributed by atoms with E-state index in [0.717, 1.165) is 30.5 Å². The molecule has 0 aliphatic heterocycles. The number of hydrogen-bond acceptors (Lipinski definition) is 1. The van der Waals surface area contributed by atoms with Crippen molar-refractivity contribution in [2.45, 2.75) is 25.4 Å². The van der Waals surface area contributed by atoms with Crippen molar-refractivity contribution in [3.05, 3.63) is 35.5 Å². The molecule has 0 saturated heterocycles. The fraction of sp³-hybridized carbons (Fsp3) is 0.333. The minimum atomic E-state index is -0.286. The third kappa shape index (κ3) is 1.01. The fourth-order valence-electron chi connectivity index (χ4n) is 2.39. The lowest BCUT2D eigenvalue weighted by atomic mass is 9.94. The minimum absolute atomic E-state index is 0.286. The van der Waals surface area contributed by atoms with Crippen molar-refractivity contribution < 1.29 is 5.11 Å². The summed E-state index contributed by atoms with van der Waals surface area (Å²) in [5.74, 6) is 0. The van der Waals surface area contributed by atoms with Gasteiger partial charge in [-0.05, 0) is 30.9 Å². The Labute approximate surface area is 82.6 Å². The molecule has 72 valence electrons. The van der Waals surface area contributed by atoms with Gasteiger partial charge in [-0.3, -0.25) is 0 Å². The number of aromatic amines is 1. The second kappa shape index (κ2) is 2.85. The van der Waals surface area contributed by atoms with Crippen LogP contribution in [0.5, 0.6) is 0 Å². The lowest BCUT2D eigenvalue weighted by molar-refractivity contribution is 0.153. The average molecular weight is 187 g/mol. The van der Waals surface area contributed by atoms with Gasteiger partial charge in [0.1, 0.15) is 0 Å². The Hall–Kier alpha value is -1.28. The van der Waals surface area contributed by atoms with Gasteiger partial charge in [-0.2, -0.15) is 0 Å². The van der Waals surface area contributed by atoms with E-state index >= 15 is 0 Å². The molecule has 1 aliphatic rings. The van der Waals surface area contributed by atoms with E-state index in [-0.39, 0.29) is 6.10 Å². The van der Waals surface area contributed by atoms with Crippen LogP contribution in [0.2, 0.25) is 0 Å². The molecule has 3 rings (SSSR count). The quantitative estimate of drug-likeness (QED) is 0.653. The number of fused-ring (bicyclic) bond motifs is 3. The lowest BCUT2D eigenvalue weighted by Crippen LogP contribution is -2.07. The fourth-order valence-corrected chi connectivity index (χ4v) is 2.39. The molecule has 2 aromatic rings. The first-order valence-corrected chi connectivity index (χ1v) is 5.14. The number of para-hydroxylation sites is 1. The van der Waals surface area contributed by atoms with Crippen LogP contribution in [-0.4, -0.2) is 10.1 Å². The second-order valence-electron chi connectivity index (χ2n) is 3.97. The first-order chi connectivity index (χ1) is 6.86. The highest BCUT2D eigenvalue weighted by Gasteiger charge is 2.21. The first kappa shape index (κ1) is 8.06. The van der Waals surface area contributed by atoms with Crippen molar-refractivity contribution in [1.82, 2.24) is 4.98 Å². The molecule has 14 heavy (non-hydrogen) atoms. The summed E-state index contributed by atoms with van der Waals surface area (Å²) in [5.41, 5.74) is 3.51. The van der Waals surface area contributed by atoms with Gasteiger partial charge in [-0.1, -0.05) is 18.2 Å². The predicted octanol–water partition coefficient (Wildman–Crippen LogP) is 2.54. The van der Waals surface area contributed by atoms with Gasteiger partial charge in [0.05, 0.1) is 6.10 Å². The number of aryl methyl sites for hydroxylation is 1. The molecule has 0 fully saturated rings. The monoisotopic (exact) mass is 187 g/mol. The molecule has 1 aromatic heterocycles. The SMILES string of the molecule is O[C@H]1CCCc2c1[nH]c1ccccc21. The number of aliphatic hydroxyl groups excluding tert-OH is 1. The molecule has 1 heterocycles. The molecule has 1 aromatic carbocycles. The topological polar surface area (TPSA) is 36.0 Å². The molecule has 0 amide bonds. The Morgan fingerprint density at radius 3 is 3.07 bits per heavy atom. The number of aromatic nitrogens is 1. The summed E-state index contributed by atoms with van der Waals surface area (Å²) in [5, 5.41) is 11.1. The first-order valence-electron chi connectivity index (χ1n) is 5.14. The normalized spacial score (nSPS) is 21.1. The van der Waals surface area contributed by atoms with Gasteiger partial charge >= 0.3 is 0 Å². The molecule has 2 nitrogen and oxygen atoms in total. The molecule has 0 saturated carbocycles. The molecule has 0 bridgehead atoms. The summed E-state index contributed by atoms with van der Waals surface area (Å²) in [6.07, 6.45) is 2.79. The van der Waals surface area contributed by atoms with Gasteiger partial charge in [-0.15, -0.1) is 0 Å². The molecule has 1 atom stereocenters. The van der Waals surface area contributed by atoms with E-state index in [2.05, 4.69) is 23.2 Å². The Balaban J connectivity index is 2.32. The number of rotatable bonds is 0. The maximum atomic E-state index is 9.83. The molecule has 1 aliphatic carbocycles. The van der Waals surface area contributed by atoms with Gasteiger partial charge < -0.3 is 10.1 Å². The summed E-state index contributed by atoms with van der Waals surface area (Å²) in [6.45, 7) is 0. The van der Waals surface area contributed by atoms with Crippen LogP contribution in [0.25, 0.3) is 10.9 Å². The van der Waals surface area contributed by atoms with Gasteiger partial charge in [0, 0.05) is 16.6 Å². The van der Waals surface area contributed by atoms with E-state index in [1.54, 1.807) is 0 Å². The van der Waals surface area contributed by atoms with Crippen molar-refractivity contribution in [3.63, 3.8) is 0 Å². The van der Waals surface area contributed by atoms with Crippen LogP contribution in [0.4, 0.5) is 0 Å². The van der Waals surface area contributed by atoms with Crippen molar-refractivity contribution in [2.75, 3.05) is 0 Å². The summed E-state index contributed by atoms with van der Waals surface area (Å²) < 4.78 is 0. The highest BCUT2D eigenvalue weighted by molar-refractivity contribution is 5.84. The van der Waals surface area contributed by atoms with Crippen LogP contribution < -0.4 is 0 Å². The zero-order valence-corrected chi connectivity index (χ0v) is 7.96. The zero-order chi connectivity index (χ0) is 9.54. The molecule has 0 spiro atoms. The number of hydrogen-bond donors (Lipinski definition) is 2. The minimum Gasteiger partial charge on any atom is -0.387 e. The molecule has 2 heteroatoms. The number of nitrogens with one attached hydrogen (secondary N) is 1. The zero-order valence-electron chi connectivity index (χ0n) is 7.96. The molecular formula is C12H13NO. The number of aliphatic hydroxyl groups is 1. The van der Waals surface area contributed by atoms with Crippen molar-refractivity contribution in [3.8, 4) is 0 Å². The maximum Gasteiger partial charge on any atom is 0.0941 e. The standard InChI is InChI=1S/C12H13NO/c14-11-7-3-5-9-8-4-1-2-6-10(8)13-12(9)11/h1-2,4,6,11,13-14H,3,5,7H2/t11-/m0/s1. The smallest absolute Gasteiger partial charge is 0.0941 e. The Bertz CT molecular complexity index is 472. The summed E-state index contributed by atoms with van der Waals surface area (Å²) in [6, 6.07) is 8.27. The number of H-pyrrole nitrogens is 1. The van der Waals surface area contributed by atoms with E-state index < -0.39 is 0 Å². The van der Waals surface area contributed by atoms with Gasteiger partial charge in [0.15, 0.2) is 0 Å². The molecular weight excluding hydrogens is 174 g/mol. The second-order valence-corrected chi connectivity index (χ2v) is 3.97. The third-order valence-electron chi connectivity index (χ3n) is 3.08. The Morgan fingerprint density at radius 2 is 2.14 bits per heavy atom. The van der Waals surface area contributed by atoms with Crippen molar-refractivity contribution >= 4 is 10.9 Å². The van der Waals surface area contributed by atoms with Gasteiger partial charge in [-0.25, -0.2) is 0 Å². The number of benzene rings is 1. The van der Waals surface area contributed by atoms with Crippen molar-refractivity contribution in [2.24, 2.45) is 0 Å². The van der Waals surface area contributed by atoms with Gasteiger partial charge in [0.25, 0.3) is 0 Å². The van der Waals surface area contributed by atoms with Crippen LogP contribution in [0.3, 0.4) is 0 Å². The van der Waals surface area contributed by atoms with Crippen LogP contribution >= 0.6 is 0 Å². The van der Waals surface area contributed by atoms with E-state index in [1.807, 2.05) is 6.07 Å². The van der Waals surface area contributed by atoms with Crippen molar-refractivity contribution in [1.29, 1.82) is 0 Å². The Morgan fingerprint density at radius 1 is 1.29 bits per heavy atom. The van der Waals surface area contributed by atoms with E-state index in [9.17, 15) is 5.11 Å². The predicted molar refractivity (Wildman–Crippen MR) is 56.2 cm³/mol. The third-order valence-corrected chi connectivity index (χ3v) is 3.08. The van der Waals surface area contributed by atoms with Crippen LogP contribution in [0, 0.1) is 0 Å². The van der Waals surface area contributed by atoms with E-state index in [4.69, 9.17) is 0 Å².